The Kier molecular flexibility index (Phi) is 3.31. The number of anilines is 1. The van der Waals surface area contributed by atoms with Crippen molar-refractivity contribution in [2.24, 2.45) is 7.05 Å². The molecule has 0 unspecified atom stereocenters. The fourth-order valence-electron chi connectivity index (χ4n) is 3.25. The lowest BCUT2D eigenvalue weighted by molar-refractivity contribution is 0.102. The molecule has 0 aliphatic heterocycles. The molecule has 22 heavy (non-hydrogen) atoms. The number of nitrogens with one attached hydrogen (secondary N) is 1. The number of fused-ring (bicyclic) bond motifs is 1. The molecule has 1 aliphatic carbocycles. The molecule has 1 N–H and O–H groups in total. The molecule has 5 heteroatoms. The average molecular weight is 301 g/mol. The summed E-state index contributed by atoms with van der Waals surface area (Å²) in [6, 6.07) is 5.92. The van der Waals surface area contributed by atoms with Crippen molar-refractivity contribution in [1.82, 2.24) is 9.78 Å². The van der Waals surface area contributed by atoms with E-state index in [4.69, 9.17) is 0 Å². The molecule has 4 nitrogen and oxygen atoms in total. The Bertz CT molecular complexity index is 762. The van der Waals surface area contributed by atoms with Crippen LogP contribution in [0, 0.1) is 12.9 Å². The first-order chi connectivity index (χ1) is 10.3. The second-order valence-corrected chi connectivity index (χ2v) is 6.54. The van der Waals surface area contributed by atoms with Gasteiger partial charge in [-0.15, -0.1) is 0 Å². The number of carbonyl (C=O) groups is 1. The average Bonchev–Trinajstić information content (AvgIpc) is 2.88. The Morgan fingerprint density at radius 1 is 1.41 bits per heavy atom. The minimum absolute atomic E-state index is 0.0114. The van der Waals surface area contributed by atoms with Crippen LogP contribution in [-0.2, 0) is 18.9 Å². The number of nitrogens with zero attached hydrogens (tertiary/aromatic N) is 2. The molecule has 3 rings (SSSR count). The van der Waals surface area contributed by atoms with E-state index in [-0.39, 0.29) is 11.0 Å². The SMILES string of the molecule is Cc1nn(C)c(F)c1C(=O)Nc1cccc2c1CCC2(C)C. The number of benzene rings is 1. The highest BCUT2D eigenvalue weighted by Crippen LogP contribution is 2.41. The van der Waals surface area contributed by atoms with Gasteiger partial charge in [-0.2, -0.15) is 9.49 Å². The van der Waals surface area contributed by atoms with Gasteiger partial charge in [-0.05, 0) is 42.4 Å². The zero-order chi connectivity index (χ0) is 16.1. The van der Waals surface area contributed by atoms with Crippen molar-refractivity contribution >= 4 is 11.6 Å². The Morgan fingerprint density at radius 3 is 2.77 bits per heavy atom. The highest BCUT2D eigenvalue weighted by Gasteiger charge is 2.31. The van der Waals surface area contributed by atoms with Crippen LogP contribution >= 0.6 is 0 Å². The molecule has 1 aromatic carbocycles. The van der Waals surface area contributed by atoms with E-state index in [1.165, 1.54) is 12.6 Å². The number of hydrogen-bond donors (Lipinski definition) is 1. The first kappa shape index (κ1) is 14.8. The molecule has 1 aromatic heterocycles. The van der Waals surface area contributed by atoms with Crippen molar-refractivity contribution in [3.05, 3.63) is 46.5 Å². The molecule has 0 bridgehead atoms. The van der Waals surface area contributed by atoms with Gasteiger partial charge in [-0.1, -0.05) is 26.0 Å². The van der Waals surface area contributed by atoms with Crippen molar-refractivity contribution in [2.75, 3.05) is 5.32 Å². The summed E-state index contributed by atoms with van der Waals surface area (Å²) in [5.41, 5.74) is 3.71. The number of aromatic nitrogens is 2. The smallest absolute Gasteiger partial charge is 0.262 e. The minimum Gasteiger partial charge on any atom is -0.322 e. The molecule has 116 valence electrons. The van der Waals surface area contributed by atoms with Crippen molar-refractivity contribution < 1.29 is 9.18 Å². The third-order valence-electron chi connectivity index (χ3n) is 4.53. The summed E-state index contributed by atoms with van der Waals surface area (Å²) in [4.78, 5) is 12.4. The molecule has 0 fully saturated rings. The van der Waals surface area contributed by atoms with Crippen molar-refractivity contribution in [3.63, 3.8) is 0 Å². The molecule has 1 amide bonds. The number of aryl methyl sites for hydroxylation is 2. The normalized spacial score (nSPS) is 15.7. The van der Waals surface area contributed by atoms with Gasteiger partial charge in [0, 0.05) is 12.7 Å². The van der Waals surface area contributed by atoms with Gasteiger partial charge in [0.1, 0.15) is 5.56 Å². The molecule has 1 aliphatic rings. The zero-order valence-electron chi connectivity index (χ0n) is 13.3. The highest BCUT2D eigenvalue weighted by atomic mass is 19.1. The number of hydrogen-bond acceptors (Lipinski definition) is 2. The summed E-state index contributed by atoms with van der Waals surface area (Å²) in [6.45, 7) is 6.04. The first-order valence-electron chi connectivity index (χ1n) is 7.44. The minimum atomic E-state index is -0.608. The summed E-state index contributed by atoms with van der Waals surface area (Å²) >= 11 is 0. The van der Waals surface area contributed by atoms with Crippen LogP contribution < -0.4 is 5.32 Å². The molecule has 0 spiro atoms. The lowest BCUT2D eigenvalue weighted by Crippen LogP contribution is -2.16. The van der Waals surface area contributed by atoms with Crippen LogP contribution in [0.4, 0.5) is 10.1 Å². The molecule has 0 saturated carbocycles. The Balaban J connectivity index is 1.95. The maximum absolute atomic E-state index is 14.0. The molecule has 0 atom stereocenters. The molecular weight excluding hydrogens is 281 g/mol. The van der Waals surface area contributed by atoms with E-state index in [1.807, 2.05) is 12.1 Å². The molecule has 0 saturated heterocycles. The molecular formula is C17H20FN3O. The van der Waals surface area contributed by atoms with E-state index in [2.05, 4.69) is 30.3 Å². The molecule has 2 aromatic rings. The standard InChI is InChI=1S/C17H20FN3O/c1-10-14(15(18)21(4)20-10)16(22)19-13-7-5-6-12-11(13)8-9-17(12,2)3/h5-7H,8-9H2,1-4H3,(H,19,22). The maximum atomic E-state index is 14.0. The lowest BCUT2D eigenvalue weighted by atomic mass is 9.86. The zero-order valence-corrected chi connectivity index (χ0v) is 13.3. The topological polar surface area (TPSA) is 46.9 Å². The summed E-state index contributed by atoms with van der Waals surface area (Å²) in [5.74, 6) is -1.05. The first-order valence-corrected chi connectivity index (χ1v) is 7.44. The Labute approximate surface area is 129 Å². The van der Waals surface area contributed by atoms with Crippen LogP contribution in [0.5, 0.6) is 0 Å². The second-order valence-electron chi connectivity index (χ2n) is 6.54. The predicted octanol–water partition coefficient (Wildman–Crippen LogP) is 3.34. The quantitative estimate of drug-likeness (QED) is 0.924. The van der Waals surface area contributed by atoms with Crippen LogP contribution in [0.3, 0.4) is 0 Å². The van der Waals surface area contributed by atoms with E-state index in [9.17, 15) is 9.18 Å². The van der Waals surface area contributed by atoms with E-state index < -0.39 is 11.9 Å². The van der Waals surface area contributed by atoms with Crippen LogP contribution in [-0.4, -0.2) is 15.7 Å². The summed E-state index contributed by atoms with van der Waals surface area (Å²) in [6.07, 6.45) is 1.97. The summed E-state index contributed by atoms with van der Waals surface area (Å²) < 4.78 is 15.1. The van der Waals surface area contributed by atoms with Gasteiger partial charge in [0.2, 0.25) is 5.95 Å². The van der Waals surface area contributed by atoms with Crippen LogP contribution in [0.25, 0.3) is 0 Å². The number of carbonyl (C=O) groups excluding carboxylic acids is 1. The van der Waals surface area contributed by atoms with Crippen LogP contribution in [0.1, 0.15) is 47.4 Å². The van der Waals surface area contributed by atoms with Crippen LogP contribution in [0.2, 0.25) is 0 Å². The Morgan fingerprint density at radius 2 is 2.14 bits per heavy atom. The van der Waals surface area contributed by atoms with Gasteiger partial charge in [0.25, 0.3) is 5.91 Å². The summed E-state index contributed by atoms with van der Waals surface area (Å²) in [7, 11) is 1.49. The van der Waals surface area contributed by atoms with E-state index >= 15 is 0 Å². The van der Waals surface area contributed by atoms with Gasteiger partial charge in [-0.25, -0.2) is 4.68 Å². The summed E-state index contributed by atoms with van der Waals surface area (Å²) in [5, 5.41) is 6.81. The Hall–Kier alpha value is -2.17. The lowest BCUT2D eigenvalue weighted by Gasteiger charge is -2.19. The monoisotopic (exact) mass is 301 g/mol. The van der Waals surface area contributed by atoms with Gasteiger partial charge in [0.05, 0.1) is 5.69 Å². The van der Waals surface area contributed by atoms with Crippen molar-refractivity contribution in [3.8, 4) is 0 Å². The van der Waals surface area contributed by atoms with E-state index in [1.54, 1.807) is 6.92 Å². The maximum Gasteiger partial charge on any atom is 0.262 e. The van der Waals surface area contributed by atoms with Gasteiger partial charge in [-0.3, -0.25) is 4.79 Å². The number of halogens is 1. The van der Waals surface area contributed by atoms with Crippen LogP contribution in [0.15, 0.2) is 18.2 Å². The molecule has 0 radical (unpaired) electrons. The third-order valence-corrected chi connectivity index (χ3v) is 4.53. The van der Waals surface area contributed by atoms with E-state index in [0.29, 0.717) is 5.69 Å². The number of amides is 1. The highest BCUT2D eigenvalue weighted by molar-refractivity contribution is 6.05. The second kappa shape index (κ2) is 4.93. The fraction of sp³-hybridized carbons (Fsp3) is 0.412. The van der Waals surface area contributed by atoms with Gasteiger partial charge in [0.15, 0.2) is 0 Å². The van der Waals surface area contributed by atoms with Gasteiger partial charge < -0.3 is 5.32 Å². The van der Waals surface area contributed by atoms with Crippen molar-refractivity contribution in [1.29, 1.82) is 0 Å². The predicted molar refractivity (Wildman–Crippen MR) is 83.6 cm³/mol. The number of rotatable bonds is 2. The largest absolute Gasteiger partial charge is 0.322 e. The van der Waals surface area contributed by atoms with Gasteiger partial charge >= 0.3 is 0 Å². The van der Waals surface area contributed by atoms with E-state index in [0.717, 1.165) is 28.8 Å². The van der Waals surface area contributed by atoms with Crippen molar-refractivity contribution in [2.45, 2.75) is 39.0 Å². The molecule has 1 heterocycles. The third kappa shape index (κ3) is 2.21. The fourth-order valence-corrected chi connectivity index (χ4v) is 3.25.